The number of thiocarbonyl (C=S) groups is 1. The van der Waals surface area contributed by atoms with Crippen LogP contribution in [0, 0.1) is 6.92 Å². The van der Waals surface area contributed by atoms with Crippen molar-refractivity contribution in [2.24, 2.45) is 0 Å². The number of hydrogen-bond donors (Lipinski definition) is 2. The zero-order valence-corrected chi connectivity index (χ0v) is 17.5. The molecule has 0 radical (unpaired) electrons. The van der Waals surface area contributed by atoms with Crippen LogP contribution in [-0.2, 0) is 4.79 Å². The minimum absolute atomic E-state index is 0.147. The lowest BCUT2D eigenvalue weighted by Crippen LogP contribution is -2.37. The molecular formula is C17H16Br2N2O3S. The van der Waals surface area contributed by atoms with Gasteiger partial charge < -0.3 is 14.8 Å². The predicted molar refractivity (Wildman–Crippen MR) is 109 cm³/mol. The van der Waals surface area contributed by atoms with E-state index in [-0.39, 0.29) is 17.6 Å². The van der Waals surface area contributed by atoms with Crippen LogP contribution >= 0.6 is 44.1 Å². The summed E-state index contributed by atoms with van der Waals surface area (Å²) in [6.45, 7) is 1.75. The molecule has 25 heavy (non-hydrogen) atoms. The van der Waals surface area contributed by atoms with Crippen LogP contribution in [0.2, 0.25) is 0 Å². The monoisotopic (exact) mass is 486 g/mol. The first-order chi connectivity index (χ1) is 11.9. The van der Waals surface area contributed by atoms with Gasteiger partial charge in [0, 0.05) is 10.2 Å². The molecule has 2 aromatic rings. The third-order valence-electron chi connectivity index (χ3n) is 3.14. The summed E-state index contributed by atoms with van der Waals surface area (Å²) in [5, 5.41) is 5.70. The maximum absolute atomic E-state index is 12.0. The van der Waals surface area contributed by atoms with Gasteiger partial charge in [-0.25, -0.2) is 0 Å². The molecule has 2 N–H and O–H groups in total. The summed E-state index contributed by atoms with van der Waals surface area (Å²) in [6.07, 6.45) is 0. The van der Waals surface area contributed by atoms with Gasteiger partial charge in [0.25, 0.3) is 5.91 Å². The van der Waals surface area contributed by atoms with Crippen LogP contribution in [0.4, 0.5) is 5.69 Å². The number of nitrogens with one attached hydrogen (secondary N) is 2. The third kappa shape index (κ3) is 5.98. The molecule has 0 spiro atoms. The van der Waals surface area contributed by atoms with Gasteiger partial charge in [-0.3, -0.25) is 10.1 Å². The minimum Gasteiger partial charge on any atom is -0.497 e. The third-order valence-corrected chi connectivity index (χ3v) is 4.39. The second kappa shape index (κ2) is 9.17. The molecule has 2 rings (SSSR count). The van der Waals surface area contributed by atoms with Crippen molar-refractivity contribution in [2.45, 2.75) is 6.92 Å². The first kappa shape index (κ1) is 19.7. The molecule has 8 heteroatoms. The number of ether oxygens (including phenoxy) is 2. The molecule has 2 aromatic carbocycles. The minimum atomic E-state index is -0.347. The van der Waals surface area contributed by atoms with Gasteiger partial charge in [-0.2, -0.15) is 0 Å². The molecular weight excluding hydrogens is 472 g/mol. The molecule has 0 saturated carbocycles. The van der Waals surface area contributed by atoms with E-state index in [4.69, 9.17) is 21.7 Å². The number of halogens is 2. The normalized spacial score (nSPS) is 10.1. The van der Waals surface area contributed by atoms with Crippen LogP contribution < -0.4 is 20.1 Å². The SMILES string of the molecule is COc1ccc(NC(=S)NC(=O)COc2c(C)cc(Br)cc2Br)cc1. The van der Waals surface area contributed by atoms with E-state index in [0.717, 1.165) is 25.9 Å². The highest BCUT2D eigenvalue weighted by Crippen LogP contribution is 2.32. The van der Waals surface area contributed by atoms with E-state index in [9.17, 15) is 4.79 Å². The Labute approximate surface area is 168 Å². The predicted octanol–water partition coefficient (Wildman–Crippen LogP) is 4.42. The van der Waals surface area contributed by atoms with Crippen LogP contribution in [0.25, 0.3) is 0 Å². The molecule has 0 bridgehead atoms. The molecule has 0 saturated heterocycles. The smallest absolute Gasteiger partial charge is 0.264 e. The van der Waals surface area contributed by atoms with Crippen molar-refractivity contribution < 1.29 is 14.3 Å². The first-order valence-corrected chi connectivity index (χ1v) is 9.22. The average Bonchev–Trinajstić information content (AvgIpc) is 2.54. The van der Waals surface area contributed by atoms with Crippen LogP contribution in [0.5, 0.6) is 11.5 Å². The van der Waals surface area contributed by atoms with Crippen molar-refractivity contribution in [1.29, 1.82) is 0 Å². The standard InChI is InChI=1S/C17H16Br2N2O3S/c1-10-7-11(18)8-14(19)16(10)24-9-15(22)21-17(25)20-12-3-5-13(23-2)6-4-12/h3-8H,9H2,1-2H3,(H2,20,21,22,25). The van der Waals surface area contributed by atoms with E-state index in [1.54, 1.807) is 31.4 Å². The number of carbonyl (C=O) groups excluding carboxylic acids is 1. The van der Waals surface area contributed by atoms with Crippen molar-refractivity contribution in [3.63, 3.8) is 0 Å². The summed E-state index contributed by atoms with van der Waals surface area (Å²) in [5.41, 5.74) is 1.66. The van der Waals surface area contributed by atoms with Crippen LogP contribution in [-0.4, -0.2) is 24.7 Å². The van der Waals surface area contributed by atoms with E-state index in [1.807, 2.05) is 19.1 Å². The summed E-state index contributed by atoms with van der Waals surface area (Å²) in [5.74, 6) is 1.01. The highest BCUT2D eigenvalue weighted by molar-refractivity contribution is 9.11. The number of amides is 1. The summed E-state index contributed by atoms with van der Waals surface area (Å²) in [4.78, 5) is 12.0. The number of carbonyl (C=O) groups is 1. The zero-order chi connectivity index (χ0) is 18.4. The van der Waals surface area contributed by atoms with Crippen molar-refractivity contribution in [2.75, 3.05) is 19.0 Å². The molecule has 0 heterocycles. The fraction of sp³-hybridized carbons (Fsp3) is 0.176. The average molecular weight is 488 g/mol. The van der Waals surface area contributed by atoms with Crippen LogP contribution in [0.15, 0.2) is 45.3 Å². The largest absolute Gasteiger partial charge is 0.497 e. The van der Waals surface area contributed by atoms with Gasteiger partial charge in [-0.05, 0) is 77.0 Å². The van der Waals surface area contributed by atoms with E-state index >= 15 is 0 Å². The first-order valence-electron chi connectivity index (χ1n) is 7.22. The second-order valence-electron chi connectivity index (χ2n) is 5.05. The fourth-order valence-electron chi connectivity index (χ4n) is 2.01. The summed E-state index contributed by atoms with van der Waals surface area (Å²) in [6, 6.07) is 11.0. The van der Waals surface area contributed by atoms with Gasteiger partial charge in [0.1, 0.15) is 11.5 Å². The quantitative estimate of drug-likeness (QED) is 0.611. The van der Waals surface area contributed by atoms with Gasteiger partial charge in [0.2, 0.25) is 0 Å². The Bertz CT molecular complexity index is 759. The van der Waals surface area contributed by atoms with Crippen molar-refractivity contribution in [1.82, 2.24) is 5.32 Å². The molecule has 1 amide bonds. The lowest BCUT2D eigenvalue weighted by atomic mass is 10.2. The highest BCUT2D eigenvalue weighted by atomic mass is 79.9. The lowest BCUT2D eigenvalue weighted by molar-refractivity contribution is -0.121. The molecule has 0 unspecified atom stereocenters. The van der Waals surface area contributed by atoms with Crippen molar-refractivity contribution in [3.05, 3.63) is 50.9 Å². The number of rotatable bonds is 5. The molecule has 0 aliphatic rings. The number of aryl methyl sites for hydroxylation is 1. The Morgan fingerprint density at radius 3 is 2.48 bits per heavy atom. The molecule has 132 valence electrons. The van der Waals surface area contributed by atoms with Crippen molar-refractivity contribution >= 4 is 60.8 Å². The Morgan fingerprint density at radius 1 is 1.20 bits per heavy atom. The number of hydrogen-bond acceptors (Lipinski definition) is 4. The summed E-state index contributed by atoms with van der Waals surface area (Å²) < 4.78 is 12.4. The van der Waals surface area contributed by atoms with Crippen molar-refractivity contribution in [3.8, 4) is 11.5 Å². The zero-order valence-electron chi connectivity index (χ0n) is 13.6. The maximum Gasteiger partial charge on any atom is 0.264 e. The molecule has 0 atom stereocenters. The van der Waals surface area contributed by atoms with Gasteiger partial charge in [0.05, 0.1) is 11.6 Å². The molecule has 5 nitrogen and oxygen atoms in total. The Hall–Kier alpha value is -1.64. The molecule has 0 fully saturated rings. The van der Waals surface area contributed by atoms with Gasteiger partial charge in [-0.15, -0.1) is 0 Å². The molecule has 0 aromatic heterocycles. The van der Waals surface area contributed by atoms with Crippen LogP contribution in [0.1, 0.15) is 5.56 Å². The van der Waals surface area contributed by atoms with Crippen LogP contribution in [0.3, 0.4) is 0 Å². The summed E-state index contributed by atoms with van der Waals surface area (Å²) >= 11 is 11.9. The lowest BCUT2D eigenvalue weighted by Gasteiger charge is -2.13. The highest BCUT2D eigenvalue weighted by Gasteiger charge is 2.11. The van der Waals surface area contributed by atoms with E-state index in [0.29, 0.717) is 5.75 Å². The Morgan fingerprint density at radius 2 is 1.88 bits per heavy atom. The molecule has 0 aliphatic heterocycles. The summed E-state index contributed by atoms with van der Waals surface area (Å²) in [7, 11) is 1.60. The van der Waals surface area contributed by atoms with E-state index in [1.165, 1.54) is 0 Å². The Balaban J connectivity index is 1.86. The second-order valence-corrected chi connectivity index (χ2v) is 7.23. The molecule has 0 aliphatic carbocycles. The van der Waals surface area contributed by atoms with E-state index in [2.05, 4.69) is 42.5 Å². The van der Waals surface area contributed by atoms with Gasteiger partial charge in [0.15, 0.2) is 11.7 Å². The fourth-order valence-corrected chi connectivity index (χ4v) is 3.79. The van der Waals surface area contributed by atoms with E-state index < -0.39 is 0 Å². The van der Waals surface area contributed by atoms with Gasteiger partial charge >= 0.3 is 0 Å². The van der Waals surface area contributed by atoms with Gasteiger partial charge in [-0.1, -0.05) is 15.9 Å². The number of benzene rings is 2. The number of methoxy groups -OCH3 is 1. The maximum atomic E-state index is 12.0. The number of anilines is 1. The topological polar surface area (TPSA) is 59.6 Å². The Kier molecular flexibility index (Phi) is 7.22.